The summed E-state index contributed by atoms with van der Waals surface area (Å²) in [5, 5.41) is 11.8. The maximum atomic E-state index is 11.2. The molecule has 0 saturated carbocycles. The molecule has 90 valence electrons. The number of aromatic amines is 1. The van der Waals surface area contributed by atoms with Gasteiger partial charge in [-0.05, 0) is 6.07 Å². The normalized spacial score (nSPS) is 11.6. The summed E-state index contributed by atoms with van der Waals surface area (Å²) in [4.78, 5) is 13.6. The fraction of sp³-hybridized carbons (Fsp3) is 0.125. The van der Waals surface area contributed by atoms with Gasteiger partial charge < -0.3 is 4.98 Å². The molecule has 0 aliphatic carbocycles. The van der Waals surface area contributed by atoms with Crippen molar-refractivity contribution in [2.24, 2.45) is 12.2 Å². The van der Waals surface area contributed by atoms with Crippen LogP contribution in [-0.4, -0.2) is 28.2 Å². The lowest BCUT2D eigenvalue weighted by molar-refractivity contribution is 0.580. The minimum atomic E-state index is -3.93. The Bertz CT molecular complexity index is 715. The molecule has 2 aromatic rings. The van der Waals surface area contributed by atoms with Crippen molar-refractivity contribution >= 4 is 10.0 Å². The highest BCUT2D eigenvalue weighted by Crippen LogP contribution is 2.16. The van der Waals surface area contributed by atoms with E-state index in [1.807, 2.05) is 0 Å². The highest BCUT2D eigenvalue weighted by molar-refractivity contribution is 7.89. The average molecular weight is 255 g/mol. The number of pyridine rings is 1. The highest BCUT2D eigenvalue weighted by atomic mass is 32.2. The molecule has 17 heavy (non-hydrogen) atoms. The molecule has 0 amide bonds. The molecule has 0 aromatic carbocycles. The number of nitrogens with zero attached hydrogens (tertiary/aromatic N) is 3. The van der Waals surface area contributed by atoms with Gasteiger partial charge in [0.25, 0.3) is 15.2 Å². The standard InChI is InChI=1S/C8H9N5O3S/c1-13-7(5-2-3-10-6(14)4-5)11-12-8(13)17(9,15)16/h2-4H,1H3,(H,10,14)(H2,9,15,16). The Morgan fingerprint density at radius 1 is 1.41 bits per heavy atom. The third kappa shape index (κ3) is 2.10. The van der Waals surface area contributed by atoms with Crippen LogP contribution in [0.4, 0.5) is 0 Å². The number of nitrogens with one attached hydrogen (secondary N) is 1. The van der Waals surface area contributed by atoms with E-state index in [-0.39, 0.29) is 16.5 Å². The van der Waals surface area contributed by atoms with E-state index in [0.29, 0.717) is 5.56 Å². The first-order chi connectivity index (χ1) is 7.89. The van der Waals surface area contributed by atoms with Crippen molar-refractivity contribution in [3.8, 4) is 11.4 Å². The van der Waals surface area contributed by atoms with Crippen LogP contribution in [0.3, 0.4) is 0 Å². The molecular weight excluding hydrogens is 246 g/mol. The van der Waals surface area contributed by atoms with Crippen molar-refractivity contribution in [3.63, 3.8) is 0 Å². The van der Waals surface area contributed by atoms with Crippen molar-refractivity contribution in [1.29, 1.82) is 0 Å². The first-order valence-corrected chi connectivity index (χ1v) is 6.05. The molecule has 0 aliphatic rings. The molecule has 2 heterocycles. The number of H-pyrrole nitrogens is 1. The van der Waals surface area contributed by atoms with Crippen LogP contribution in [0.5, 0.6) is 0 Å². The maximum absolute atomic E-state index is 11.2. The summed E-state index contributed by atoms with van der Waals surface area (Å²) in [5.41, 5.74) is 0.140. The summed E-state index contributed by atoms with van der Waals surface area (Å²) in [5.74, 6) is 0.250. The van der Waals surface area contributed by atoms with Crippen LogP contribution in [0.2, 0.25) is 0 Å². The van der Waals surface area contributed by atoms with Crippen molar-refractivity contribution < 1.29 is 8.42 Å². The Kier molecular flexibility index (Phi) is 2.56. The quantitative estimate of drug-likeness (QED) is 0.698. The van der Waals surface area contributed by atoms with E-state index in [1.165, 1.54) is 23.9 Å². The smallest absolute Gasteiger partial charge is 0.273 e. The van der Waals surface area contributed by atoms with Crippen LogP contribution in [0.15, 0.2) is 28.3 Å². The monoisotopic (exact) mass is 255 g/mol. The number of rotatable bonds is 2. The van der Waals surface area contributed by atoms with Crippen molar-refractivity contribution in [1.82, 2.24) is 19.7 Å². The van der Waals surface area contributed by atoms with Gasteiger partial charge in [-0.3, -0.25) is 9.36 Å². The van der Waals surface area contributed by atoms with Gasteiger partial charge in [0.1, 0.15) is 0 Å². The van der Waals surface area contributed by atoms with E-state index in [4.69, 9.17) is 5.14 Å². The van der Waals surface area contributed by atoms with Crippen LogP contribution >= 0.6 is 0 Å². The van der Waals surface area contributed by atoms with Crippen LogP contribution in [-0.2, 0) is 17.1 Å². The summed E-state index contributed by atoms with van der Waals surface area (Å²) in [7, 11) is -2.47. The molecule has 0 aliphatic heterocycles. The van der Waals surface area contributed by atoms with Crippen molar-refractivity contribution in [2.75, 3.05) is 0 Å². The largest absolute Gasteiger partial charge is 0.329 e. The fourth-order valence-corrected chi connectivity index (χ4v) is 2.02. The summed E-state index contributed by atoms with van der Waals surface area (Å²) >= 11 is 0. The fourth-order valence-electron chi connectivity index (χ4n) is 1.40. The zero-order valence-electron chi connectivity index (χ0n) is 8.78. The van der Waals surface area contributed by atoms with Gasteiger partial charge in [-0.2, -0.15) is 0 Å². The van der Waals surface area contributed by atoms with Gasteiger partial charge in [0.05, 0.1) is 0 Å². The van der Waals surface area contributed by atoms with Gasteiger partial charge in [-0.25, -0.2) is 13.6 Å². The van der Waals surface area contributed by atoms with Crippen LogP contribution in [0.25, 0.3) is 11.4 Å². The highest BCUT2D eigenvalue weighted by Gasteiger charge is 2.19. The van der Waals surface area contributed by atoms with Gasteiger partial charge in [0.15, 0.2) is 5.82 Å². The molecule has 0 atom stereocenters. The summed E-state index contributed by atoms with van der Waals surface area (Å²) in [6.45, 7) is 0. The number of aromatic nitrogens is 4. The minimum Gasteiger partial charge on any atom is -0.329 e. The lowest BCUT2D eigenvalue weighted by atomic mass is 10.2. The number of primary sulfonamides is 1. The molecule has 0 radical (unpaired) electrons. The number of sulfonamides is 1. The van der Waals surface area contributed by atoms with Gasteiger partial charge >= 0.3 is 0 Å². The van der Waals surface area contributed by atoms with Crippen LogP contribution in [0.1, 0.15) is 0 Å². The molecule has 0 saturated heterocycles. The van der Waals surface area contributed by atoms with E-state index >= 15 is 0 Å². The molecule has 3 N–H and O–H groups in total. The topological polar surface area (TPSA) is 124 Å². The van der Waals surface area contributed by atoms with Crippen molar-refractivity contribution in [3.05, 3.63) is 28.7 Å². The third-order valence-electron chi connectivity index (χ3n) is 2.12. The van der Waals surface area contributed by atoms with E-state index in [1.54, 1.807) is 6.07 Å². The van der Waals surface area contributed by atoms with Crippen LogP contribution in [0, 0.1) is 0 Å². The summed E-state index contributed by atoms with van der Waals surface area (Å²) in [6.07, 6.45) is 1.43. The van der Waals surface area contributed by atoms with E-state index in [0.717, 1.165) is 0 Å². The van der Waals surface area contributed by atoms with Gasteiger partial charge in [-0.1, -0.05) is 0 Å². The van der Waals surface area contributed by atoms with E-state index in [9.17, 15) is 13.2 Å². The number of hydrogen-bond acceptors (Lipinski definition) is 5. The first-order valence-electron chi connectivity index (χ1n) is 4.51. The van der Waals surface area contributed by atoms with E-state index < -0.39 is 10.0 Å². The van der Waals surface area contributed by atoms with Crippen LogP contribution < -0.4 is 10.7 Å². The van der Waals surface area contributed by atoms with Gasteiger partial charge in [-0.15, -0.1) is 10.2 Å². The molecule has 9 heteroatoms. The SMILES string of the molecule is Cn1c(-c2cc[nH]c(=O)c2)nnc1S(N)(=O)=O. The lowest BCUT2D eigenvalue weighted by Gasteiger charge is -2.01. The molecule has 2 rings (SSSR count). The third-order valence-corrected chi connectivity index (χ3v) is 2.99. The molecule has 0 bridgehead atoms. The molecular formula is C8H9N5O3S. The number of hydrogen-bond donors (Lipinski definition) is 2. The predicted octanol–water partition coefficient (Wildman–Crippen LogP) is -1.18. The Morgan fingerprint density at radius 3 is 2.65 bits per heavy atom. The zero-order chi connectivity index (χ0) is 12.6. The molecule has 0 fully saturated rings. The van der Waals surface area contributed by atoms with Gasteiger partial charge in [0.2, 0.25) is 5.56 Å². The Morgan fingerprint density at radius 2 is 2.12 bits per heavy atom. The predicted molar refractivity (Wildman–Crippen MR) is 58.4 cm³/mol. The Balaban J connectivity index is 2.64. The van der Waals surface area contributed by atoms with Gasteiger partial charge in [0, 0.05) is 24.9 Å². The Hall–Kier alpha value is -2.00. The number of nitrogens with two attached hydrogens (primary N) is 1. The zero-order valence-corrected chi connectivity index (χ0v) is 9.60. The minimum absolute atomic E-state index is 0.250. The first kappa shape index (κ1) is 11.5. The second kappa shape index (κ2) is 3.79. The lowest BCUT2D eigenvalue weighted by Crippen LogP contribution is -2.17. The molecule has 0 unspecified atom stereocenters. The summed E-state index contributed by atoms with van der Waals surface area (Å²) < 4.78 is 23.5. The second-order valence-corrected chi connectivity index (χ2v) is 4.81. The van der Waals surface area contributed by atoms with E-state index in [2.05, 4.69) is 15.2 Å². The van der Waals surface area contributed by atoms with Crippen molar-refractivity contribution in [2.45, 2.75) is 5.16 Å². The molecule has 2 aromatic heterocycles. The average Bonchev–Trinajstić information content (AvgIpc) is 2.59. The Labute approximate surface area is 96.2 Å². The second-order valence-electron chi connectivity index (χ2n) is 3.35. The molecule has 8 nitrogen and oxygen atoms in total. The molecule has 0 spiro atoms. The maximum Gasteiger partial charge on any atom is 0.273 e. The summed E-state index contributed by atoms with van der Waals surface area (Å²) in [6, 6.07) is 2.87.